The van der Waals surface area contributed by atoms with Gasteiger partial charge in [-0.2, -0.15) is 5.10 Å². The lowest BCUT2D eigenvalue weighted by atomic mass is 10.2. The summed E-state index contributed by atoms with van der Waals surface area (Å²) in [4.78, 5) is 21.3. The molecule has 1 saturated heterocycles. The monoisotopic (exact) mass is 318 g/mol. The minimum atomic E-state index is -0.422. The molecule has 2 aromatic rings. The Morgan fingerprint density at radius 1 is 1.48 bits per heavy atom. The Morgan fingerprint density at radius 3 is 2.96 bits per heavy atom. The van der Waals surface area contributed by atoms with Crippen molar-refractivity contribution in [3.63, 3.8) is 0 Å². The van der Waals surface area contributed by atoms with Gasteiger partial charge in [0.05, 0.1) is 18.1 Å². The zero-order valence-electron chi connectivity index (χ0n) is 13.0. The molecule has 1 atom stereocenters. The average molecular weight is 318 g/mol. The predicted molar refractivity (Wildman–Crippen MR) is 82.3 cm³/mol. The lowest BCUT2D eigenvalue weighted by Gasteiger charge is -2.32. The third kappa shape index (κ3) is 3.14. The van der Waals surface area contributed by atoms with Crippen molar-refractivity contribution in [2.24, 2.45) is 0 Å². The van der Waals surface area contributed by atoms with Crippen LogP contribution >= 0.6 is 0 Å². The van der Waals surface area contributed by atoms with Gasteiger partial charge in [0.1, 0.15) is 23.4 Å². The maximum Gasteiger partial charge on any atom is 0.290 e. The molecular formula is C14H18N6O3. The van der Waals surface area contributed by atoms with Gasteiger partial charge in [-0.3, -0.25) is 15.2 Å². The molecular weight excluding hydrogens is 300 g/mol. The third-order valence-electron chi connectivity index (χ3n) is 3.80. The van der Waals surface area contributed by atoms with E-state index in [1.807, 2.05) is 11.8 Å². The highest BCUT2D eigenvalue weighted by molar-refractivity contribution is 5.47. The number of hydrogen-bond donors (Lipinski definition) is 1. The number of ether oxygens (including phenoxy) is 1. The molecule has 0 aliphatic carbocycles. The van der Waals surface area contributed by atoms with Crippen molar-refractivity contribution in [1.29, 1.82) is 0 Å². The van der Waals surface area contributed by atoms with Crippen molar-refractivity contribution in [3.05, 3.63) is 39.6 Å². The average Bonchev–Trinajstić information content (AvgIpc) is 3.03. The topological polar surface area (TPSA) is 110 Å². The quantitative estimate of drug-likeness (QED) is 0.672. The van der Waals surface area contributed by atoms with Gasteiger partial charge in [0, 0.05) is 19.0 Å². The van der Waals surface area contributed by atoms with E-state index in [0.717, 1.165) is 12.2 Å². The molecule has 1 aliphatic rings. The first kappa shape index (κ1) is 15.3. The summed E-state index contributed by atoms with van der Waals surface area (Å²) in [5, 5.41) is 18.0. The molecule has 1 unspecified atom stereocenters. The van der Waals surface area contributed by atoms with Crippen molar-refractivity contribution in [2.45, 2.75) is 26.4 Å². The normalized spacial score (nSPS) is 18.2. The van der Waals surface area contributed by atoms with Crippen molar-refractivity contribution < 1.29 is 9.66 Å². The molecule has 2 aromatic heterocycles. The SMILES string of the molecule is CCc1nc(C2CN(c3ccc([N+](=O)[O-])c(C)n3)CCO2)n[nH]1. The van der Waals surface area contributed by atoms with Gasteiger partial charge in [-0.15, -0.1) is 0 Å². The van der Waals surface area contributed by atoms with Crippen LogP contribution < -0.4 is 4.90 Å². The summed E-state index contributed by atoms with van der Waals surface area (Å²) in [5.74, 6) is 2.16. The summed E-state index contributed by atoms with van der Waals surface area (Å²) in [6.07, 6.45) is 0.546. The fourth-order valence-corrected chi connectivity index (χ4v) is 2.54. The van der Waals surface area contributed by atoms with Crippen LogP contribution in [-0.4, -0.2) is 44.8 Å². The number of hydrogen-bond acceptors (Lipinski definition) is 7. The van der Waals surface area contributed by atoms with Crippen LogP contribution in [0.25, 0.3) is 0 Å². The highest BCUT2D eigenvalue weighted by atomic mass is 16.6. The van der Waals surface area contributed by atoms with Gasteiger partial charge in [-0.25, -0.2) is 9.97 Å². The smallest absolute Gasteiger partial charge is 0.290 e. The molecule has 0 bridgehead atoms. The Kier molecular flexibility index (Phi) is 4.20. The second-order valence-electron chi connectivity index (χ2n) is 5.33. The third-order valence-corrected chi connectivity index (χ3v) is 3.80. The Hall–Kier alpha value is -2.55. The molecule has 0 aromatic carbocycles. The molecule has 0 amide bonds. The summed E-state index contributed by atoms with van der Waals surface area (Å²) in [7, 11) is 0. The number of aryl methyl sites for hydroxylation is 2. The van der Waals surface area contributed by atoms with E-state index in [0.29, 0.717) is 37.0 Å². The molecule has 9 heteroatoms. The number of pyridine rings is 1. The van der Waals surface area contributed by atoms with E-state index in [4.69, 9.17) is 4.74 Å². The molecule has 1 N–H and O–H groups in total. The standard InChI is InChI=1S/C14H18N6O3/c1-3-12-16-14(18-17-12)11-8-19(6-7-23-11)13-5-4-10(20(21)22)9(2)15-13/h4-5,11H,3,6-8H2,1-2H3,(H,16,17,18). The van der Waals surface area contributed by atoms with Gasteiger partial charge in [-0.1, -0.05) is 6.92 Å². The number of H-pyrrole nitrogens is 1. The van der Waals surface area contributed by atoms with E-state index in [1.165, 1.54) is 6.07 Å². The summed E-state index contributed by atoms with van der Waals surface area (Å²) in [6, 6.07) is 3.16. The number of aromatic nitrogens is 4. The largest absolute Gasteiger partial charge is 0.366 e. The van der Waals surface area contributed by atoms with Gasteiger partial charge < -0.3 is 9.64 Å². The summed E-state index contributed by atoms with van der Waals surface area (Å²) in [5.41, 5.74) is 0.432. The summed E-state index contributed by atoms with van der Waals surface area (Å²) < 4.78 is 5.74. The number of anilines is 1. The summed E-state index contributed by atoms with van der Waals surface area (Å²) >= 11 is 0. The molecule has 1 aliphatic heterocycles. The maximum absolute atomic E-state index is 10.9. The molecule has 0 radical (unpaired) electrons. The zero-order chi connectivity index (χ0) is 16.4. The van der Waals surface area contributed by atoms with Gasteiger partial charge in [0.2, 0.25) is 0 Å². The molecule has 0 spiro atoms. The number of aromatic amines is 1. The van der Waals surface area contributed by atoms with Crippen molar-refractivity contribution in [1.82, 2.24) is 20.2 Å². The lowest BCUT2D eigenvalue weighted by Crippen LogP contribution is -2.39. The number of nitrogens with one attached hydrogen (secondary N) is 1. The fraction of sp³-hybridized carbons (Fsp3) is 0.500. The van der Waals surface area contributed by atoms with Gasteiger partial charge >= 0.3 is 0 Å². The van der Waals surface area contributed by atoms with Crippen molar-refractivity contribution in [3.8, 4) is 0 Å². The summed E-state index contributed by atoms with van der Waals surface area (Å²) in [6.45, 7) is 5.40. The van der Waals surface area contributed by atoms with Crippen molar-refractivity contribution >= 4 is 11.5 Å². The van der Waals surface area contributed by atoms with Crippen LogP contribution in [0.4, 0.5) is 11.5 Å². The van der Waals surface area contributed by atoms with Crippen LogP contribution in [0.3, 0.4) is 0 Å². The molecule has 23 heavy (non-hydrogen) atoms. The first-order valence-electron chi connectivity index (χ1n) is 7.48. The second kappa shape index (κ2) is 6.29. The van der Waals surface area contributed by atoms with Crippen LogP contribution in [-0.2, 0) is 11.2 Å². The Labute approximate surface area is 132 Å². The predicted octanol–water partition coefficient (Wildman–Crippen LogP) is 1.56. The van der Waals surface area contributed by atoms with E-state index in [1.54, 1.807) is 13.0 Å². The number of nitrogens with zero attached hydrogens (tertiary/aromatic N) is 5. The van der Waals surface area contributed by atoms with Gasteiger partial charge in [0.25, 0.3) is 5.69 Å². The van der Waals surface area contributed by atoms with Crippen LogP contribution in [0, 0.1) is 17.0 Å². The number of rotatable bonds is 4. The van der Waals surface area contributed by atoms with Crippen LogP contribution in [0.15, 0.2) is 12.1 Å². The van der Waals surface area contributed by atoms with E-state index < -0.39 is 4.92 Å². The zero-order valence-corrected chi connectivity index (χ0v) is 13.0. The minimum absolute atomic E-state index is 0.0279. The Balaban J connectivity index is 1.78. The molecule has 1 fully saturated rings. The van der Waals surface area contributed by atoms with Crippen LogP contribution in [0.1, 0.15) is 30.4 Å². The first-order valence-corrected chi connectivity index (χ1v) is 7.48. The van der Waals surface area contributed by atoms with Crippen molar-refractivity contribution in [2.75, 3.05) is 24.6 Å². The first-order chi connectivity index (χ1) is 11.1. The minimum Gasteiger partial charge on any atom is -0.366 e. The van der Waals surface area contributed by atoms with E-state index in [-0.39, 0.29) is 11.8 Å². The van der Waals surface area contributed by atoms with Crippen LogP contribution in [0.5, 0.6) is 0 Å². The van der Waals surface area contributed by atoms with Gasteiger partial charge in [-0.05, 0) is 13.0 Å². The Bertz CT molecular complexity index is 716. The lowest BCUT2D eigenvalue weighted by molar-refractivity contribution is -0.385. The number of nitro groups is 1. The highest BCUT2D eigenvalue weighted by Gasteiger charge is 2.26. The number of morpholine rings is 1. The molecule has 122 valence electrons. The molecule has 0 saturated carbocycles. The second-order valence-corrected chi connectivity index (χ2v) is 5.33. The molecule has 9 nitrogen and oxygen atoms in total. The van der Waals surface area contributed by atoms with Gasteiger partial charge in [0.15, 0.2) is 5.82 Å². The Morgan fingerprint density at radius 2 is 2.30 bits per heavy atom. The van der Waals surface area contributed by atoms with Crippen LogP contribution in [0.2, 0.25) is 0 Å². The van der Waals surface area contributed by atoms with E-state index in [2.05, 4.69) is 20.2 Å². The fourth-order valence-electron chi connectivity index (χ4n) is 2.54. The highest BCUT2D eigenvalue weighted by Crippen LogP contribution is 2.25. The molecule has 3 rings (SSSR count). The van der Waals surface area contributed by atoms with E-state index in [9.17, 15) is 10.1 Å². The maximum atomic E-state index is 10.9. The molecule has 3 heterocycles. The van der Waals surface area contributed by atoms with E-state index >= 15 is 0 Å².